The number of thiophene rings is 1. The first-order valence-corrected chi connectivity index (χ1v) is 6.65. The Hall–Kier alpha value is -1.32. The Bertz CT molecular complexity index is 492. The van der Waals surface area contributed by atoms with Crippen LogP contribution in [0.5, 0.6) is 5.75 Å². The summed E-state index contributed by atoms with van der Waals surface area (Å²) < 4.78 is 0. The molecule has 2 rings (SSSR count). The van der Waals surface area contributed by atoms with Crippen LogP contribution in [0.15, 0.2) is 35.0 Å². The lowest BCUT2D eigenvalue weighted by atomic mass is 10.1. The molecule has 0 radical (unpaired) electrons. The van der Waals surface area contributed by atoms with Gasteiger partial charge in [0.25, 0.3) is 0 Å². The predicted octanol–water partition coefficient (Wildman–Crippen LogP) is 3.61. The first kappa shape index (κ1) is 12.1. The largest absolute Gasteiger partial charge is 0.508 e. The topological polar surface area (TPSA) is 32.3 Å². The third kappa shape index (κ3) is 2.87. The molecule has 90 valence electrons. The second-order valence-corrected chi connectivity index (χ2v) is 4.99. The summed E-state index contributed by atoms with van der Waals surface area (Å²) in [4.78, 5) is 0. The van der Waals surface area contributed by atoms with E-state index < -0.39 is 0 Å². The molecule has 0 spiro atoms. The van der Waals surface area contributed by atoms with Crippen molar-refractivity contribution in [1.29, 1.82) is 0 Å². The van der Waals surface area contributed by atoms with E-state index in [1.807, 2.05) is 18.2 Å². The summed E-state index contributed by atoms with van der Waals surface area (Å²) in [6.07, 6.45) is 0. The highest BCUT2D eigenvalue weighted by atomic mass is 32.1. The predicted molar refractivity (Wildman–Crippen MR) is 72.4 cm³/mol. The van der Waals surface area contributed by atoms with Gasteiger partial charge in [-0.05, 0) is 41.8 Å². The van der Waals surface area contributed by atoms with Crippen LogP contribution in [0.1, 0.15) is 29.7 Å². The standard InChI is InChI=1S/C14H17NOS/c1-10-8-17-9-12(10)7-15-11(2)13-5-3-4-6-14(13)16/h3-6,8-9,11,15-16H,7H2,1-2H3. The Labute approximate surface area is 106 Å². The fraction of sp³-hybridized carbons (Fsp3) is 0.286. The molecule has 1 aromatic carbocycles. The summed E-state index contributed by atoms with van der Waals surface area (Å²) in [7, 11) is 0. The number of phenols is 1. The number of aromatic hydroxyl groups is 1. The highest BCUT2D eigenvalue weighted by molar-refractivity contribution is 7.08. The van der Waals surface area contributed by atoms with Crippen molar-refractivity contribution in [3.8, 4) is 5.75 Å². The van der Waals surface area contributed by atoms with Crippen molar-refractivity contribution in [2.24, 2.45) is 0 Å². The van der Waals surface area contributed by atoms with Gasteiger partial charge in [-0.15, -0.1) is 0 Å². The number of nitrogens with one attached hydrogen (secondary N) is 1. The first-order valence-electron chi connectivity index (χ1n) is 5.71. The van der Waals surface area contributed by atoms with Gasteiger partial charge in [-0.1, -0.05) is 18.2 Å². The Morgan fingerprint density at radius 2 is 2.06 bits per heavy atom. The normalized spacial score (nSPS) is 12.6. The van der Waals surface area contributed by atoms with Crippen molar-refractivity contribution < 1.29 is 5.11 Å². The zero-order chi connectivity index (χ0) is 12.3. The zero-order valence-electron chi connectivity index (χ0n) is 10.1. The summed E-state index contributed by atoms with van der Waals surface area (Å²) in [6, 6.07) is 7.62. The molecule has 1 heterocycles. The molecule has 0 saturated heterocycles. The first-order chi connectivity index (χ1) is 8.18. The lowest BCUT2D eigenvalue weighted by Crippen LogP contribution is -2.18. The Kier molecular flexibility index (Phi) is 3.82. The van der Waals surface area contributed by atoms with Gasteiger partial charge in [-0.2, -0.15) is 11.3 Å². The molecule has 0 saturated carbocycles. The Morgan fingerprint density at radius 1 is 1.29 bits per heavy atom. The van der Waals surface area contributed by atoms with Gasteiger partial charge >= 0.3 is 0 Å². The molecule has 0 aliphatic carbocycles. The van der Waals surface area contributed by atoms with Crippen LogP contribution in [0.2, 0.25) is 0 Å². The maximum absolute atomic E-state index is 9.75. The average Bonchev–Trinajstić information content (AvgIpc) is 2.72. The van der Waals surface area contributed by atoms with E-state index in [-0.39, 0.29) is 6.04 Å². The molecule has 0 aliphatic heterocycles. The van der Waals surface area contributed by atoms with E-state index in [9.17, 15) is 5.11 Å². The van der Waals surface area contributed by atoms with E-state index in [1.54, 1.807) is 17.4 Å². The van der Waals surface area contributed by atoms with Crippen molar-refractivity contribution in [3.63, 3.8) is 0 Å². The molecular weight excluding hydrogens is 230 g/mol. The average molecular weight is 247 g/mol. The van der Waals surface area contributed by atoms with E-state index in [1.165, 1.54) is 11.1 Å². The van der Waals surface area contributed by atoms with Crippen molar-refractivity contribution in [1.82, 2.24) is 5.32 Å². The van der Waals surface area contributed by atoms with Crippen LogP contribution >= 0.6 is 11.3 Å². The van der Waals surface area contributed by atoms with Gasteiger partial charge in [-0.3, -0.25) is 0 Å². The highest BCUT2D eigenvalue weighted by Crippen LogP contribution is 2.23. The van der Waals surface area contributed by atoms with Gasteiger partial charge in [0.1, 0.15) is 5.75 Å². The second kappa shape index (κ2) is 5.34. The second-order valence-electron chi connectivity index (χ2n) is 4.24. The van der Waals surface area contributed by atoms with E-state index in [0.717, 1.165) is 12.1 Å². The molecule has 1 atom stereocenters. The lowest BCUT2D eigenvalue weighted by Gasteiger charge is -2.15. The molecule has 1 unspecified atom stereocenters. The lowest BCUT2D eigenvalue weighted by molar-refractivity contribution is 0.452. The molecule has 3 heteroatoms. The summed E-state index contributed by atoms with van der Waals surface area (Å²) in [5, 5.41) is 17.5. The number of phenolic OH excluding ortho intramolecular Hbond substituents is 1. The molecule has 0 fully saturated rings. The fourth-order valence-electron chi connectivity index (χ4n) is 1.79. The van der Waals surface area contributed by atoms with Crippen molar-refractivity contribution in [2.75, 3.05) is 0 Å². The summed E-state index contributed by atoms with van der Waals surface area (Å²) in [5.41, 5.74) is 3.60. The third-order valence-electron chi connectivity index (χ3n) is 2.96. The SMILES string of the molecule is Cc1cscc1CNC(C)c1ccccc1O. The maximum atomic E-state index is 9.75. The van der Waals surface area contributed by atoms with Crippen LogP contribution in [0.25, 0.3) is 0 Å². The molecule has 0 amide bonds. The minimum Gasteiger partial charge on any atom is -0.508 e. The number of rotatable bonds is 4. The van der Waals surface area contributed by atoms with Gasteiger partial charge in [0, 0.05) is 18.2 Å². The number of hydrogen-bond acceptors (Lipinski definition) is 3. The number of aryl methyl sites for hydroxylation is 1. The van der Waals surface area contributed by atoms with Gasteiger partial charge in [0.2, 0.25) is 0 Å². The van der Waals surface area contributed by atoms with Gasteiger partial charge in [0.15, 0.2) is 0 Å². The Balaban J connectivity index is 2.01. The van der Waals surface area contributed by atoms with Crippen LogP contribution in [0.4, 0.5) is 0 Å². The van der Waals surface area contributed by atoms with Crippen LogP contribution < -0.4 is 5.32 Å². The molecule has 1 aromatic heterocycles. The molecule has 0 aliphatic rings. The monoisotopic (exact) mass is 247 g/mol. The Morgan fingerprint density at radius 3 is 2.71 bits per heavy atom. The van der Waals surface area contributed by atoms with Crippen LogP contribution in [0, 0.1) is 6.92 Å². The van der Waals surface area contributed by atoms with Gasteiger partial charge in [-0.25, -0.2) is 0 Å². The number of para-hydroxylation sites is 1. The zero-order valence-corrected chi connectivity index (χ0v) is 10.9. The molecule has 2 nitrogen and oxygen atoms in total. The summed E-state index contributed by atoms with van der Waals surface area (Å²) in [6.45, 7) is 5.03. The van der Waals surface area contributed by atoms with Gasteiger partial charge in [0.05, 0.1) is 0 Å². The molecule has 2 N–H and O–H groups in total. The maximum Gasteiger partial charge on any atom is 0.120 e. The molecule has 2 aromatic rings. The van der Waals surface area contributed by atoms with Crippen molar-refractivity contribution in [3.05, 3.63) is 51.7 Å². The molecular formula is C14H17NOS. The third-order valence-corrected chi connectivity index (χ3v) is 3.87. The minimum atomic E-state index is 0.149. The van der Waals surface area contributed by atoms with E-state index in [2.05, 4.69) is 29.9 Å². The van der Waals surface area contributed by atoms with Crippen LogP contribution in [-0.4, -0.2) is 5.11 Å². The van der Waals surface area contributed by atoms with Crippen molar-refractivity contribution in [2.45, 2.75) is 26.4 Å². The van der Waals surface area contributed by atoms with Crippen molar-refractivity contribution >= 4 is 11.3 Å². The fourth-order valence-corrected chi connectivity index (χ4v) is 2.65. The molecule has 17 heavy (non-hydrogen) atoms. The smallest absolute Gasteiger partial charge is 0.120 e. The van der Waals surface area contributed by atoms with E-state index in [0.29, 0.717) is 5.75 Å². The van der Waals surface area contributed by atoms with Crippen LogP contribution in [-0.2, 0) is 6.54 Å². The number of benzene rings is 1. The van der Waals surface area contributed by atoms with Gasteiger partial charge < -0.3 is 10.4 Å². The minimum absolute atomic E-state index is 0.149. The highest BCUT2D eigenvalue weighted by Gasteiger charge is 2.09. The summed E-state index contributed by atoms with van der Waals surface area (Å²) in [5.74, 6) is 0.356. The molecule has 0 bridgehead atoms. The summed E-state index contributed by atoms with van der Waals surface area (Å²) >= 11 is 1.73. The van der Waals surface area contributed by atoms with Crippen LogP contribution in [0.3, 0.4) is 0 Å². The van der Waals surface area contributed by atoms with E-state index >= 15 is 0 Å². The number of hydrogen-bond donors (Lipinski definition) is 2. The quantitative estimate of drug-likeness (QED) is 0.865. The van der Waals surface area contributed by atoms with E-state index in [4.69, 9.17) is 0 Å².